The van der Waals surface area contributed by atoms with Crippen molar-refractivity contribution in [1.29, 1.82) is 0 Å². The van der Waals surface area contributed by atoms with Crippen LogP contribution in [-0.4, -0.2) is 43.8 Å². The largest absolute Gasteiger partial charge is 0.489 e. The fourth-order valence-electron chi connectivity index (χ4n) is 2.09. The number of carbonyl (C=O) groups is 3. The van der Waals surface area contributed by atoms with Crippen LogP contribution in [-0.2, 0) is 9.53 Å². The van der Waals surface area contributed by atoms with E-state index in [-0.39, 0.29) is 16.6 Å². The SMILES string of the molecule is CC[C@@H](C)NC(=O)NC(=O)COC(=O)c1cc(Cl)c2c(c1)OCCCO2. The number of esters is 1. The Kier molecular flexibility index (Phi) is 7.08. The zero-order chi connectivity index (χ0) is 19.1. The Hall–Kier alpha value is -2.48. The molecule has 0 radical (unpaired) electrons. The second-order valence-corrected chi connectivity index (χ2v) is 6.15. The van der Waals surface area contributed by atoms with Crippen LogP contribution in [0.5, 0.6) is 11.5 Å². The number of fused-ring (bicyclic) bond motifs is 1. The molecule has 26 heavy (non-hydrogen) atoms. The molecule has 0 aromatic heterocycles. The predicted molar refractivity (Wildman–Crippen MR) is 93.8 cm³/mol. The number of halogens is 1. The molecule has 0 spiro atoms. The number of carbonyl (C=O) groups excluding carboxylic acids is 3. The van der Waals surface area contributed by atoms with Gasteiger partial charge in [-0.3, -0.25) is 10.1 Å². The number of benzene rings is 1. The average Bonchev–Trinajstić information content (AvgIpc) is 2.85. The number of imide groups is 1. The summed E-state index contributed by atoms with van der Waals surface area (Å²) in [6.45, 7) is 4.01. The molecule has 1 atom stereocenters. The van der Waals surface area contributed by atoms with Gasteiger partial charge < -0.3 is 19.5 Å². The maximum atomic E-state index is 12.1. The molecule has 9 heteroatoms. The molecule has 0 unspecified atom stereocenters. The number of amides is 3. The topological polar surface area (TPSA) is 103 Å². The number of ether oxygens (including phenoxy) is 3. The minimum atomic E-state index is -0.764. The predicted octanol–water partition coefficient (Wildman–Crippen LogP) is 2.28. The molecule has 1 aliphatic heterocycles. The smallest absolute Gasteiger partial charge is 0.338 e. The van der Waals surface area contributed by atoms with Crippen molar-refractivity contribution in [3.63, 3.8) is 0 Å². The highest BCUT2D eigenvalue weighted by molar-refractivity contribution is 6.32. The van der Waals surface area contributed by atoms with Crippen molar-refractivity contribution in [2.75, 3.05) is 19.8 Å². The first-order chi connectivity index (χ1) is 12.4. The lowest BCUT2D eigenvalue weighted by Gasteiger charge is -2.12. The van der Waals surface area contributed by atoms with Gasteiger partial charge in [-0.15, -0.1) is 0 Å². The van der Waals surface area contributed by atoms with E-state index in [0.717, 1.165) is 6.42 Å². The molecule has 8 nitrogen and oxygen atoms in total. The van der Waals surface area contributed by atoms with E-state index in [1.165, 1.54) is 12.1 Å². The Morgan fingerprint density at radius 2 is 2.00 bits per heavy atom. The number of nitrogens with one attached hydrogen (secondary N) is 2. The number of rotatable bonds is 5. The molecule has 1 aromatic carbocycles. The van der Waals surface area contributed by atoms with Gasteiger partial charge in [-0.25, -0.2) is 9.59 Å². The normalized spacial score (nSPS) is 14.0. The fraction of sp³-hybridized carbons (Fsp3) is 0.471. The van der Waals surface area contributed by atoms with Crippen LogP contribution in [0.25, 0.3) is 0 Å². The summed E-state index contributed by atoms with van der Waals surface area (Å²) >= 11 is 6.11. The van der Waals surface area contributed by atoms with Gasteiger partial charge >= 0.3 is 12.0 Å². The van der Waals surface area contributed by atoms with E-state index in [4.69, 9.17) is 25.8 Å². The molecule has 0 saturated heterocycles. The third kappa shape index (κ3) is 5.52. The number of urea groups is 1. The molecular formula is C17H21ClN2O6. The highest BCUT2D eigenvalue weighted by Gasteiger charge is 2.20. The summed E-state index contributed by atoms with van der Waals surface area (Å²) in [5.41, 5.74) is 0.121. The zero-order valence-corrected chi connectivity index (χ0v) is 15.4. The monoisotopic (exact) mass is 384 g/mol. The van der Waals surface area contributed by atoms with E-state index in [9.17, 15) is 14.4 Å². The first-order valence-corrected chi connectivity index (χ1v) is 8.65. The van der Waals surface area contributed by atoms with Gasteiger partial charge in [0.25, 0.3) is 5.91 Å². The van der Waals surface area contributed by atoms with Crippen molar-refractivity contribution < 1.29 is 28.6 Å². The van der Waals surface area contributed by atoms with E-state index in [1.807, 2.05) is 6.92 Å². The van der Waals surface area contributed by atoms with Gasteiger partial charge in [0.15, 0.2) is 18.1 Å². The summed E-state index contributed by atoms with van der Waals surface area (Å²) in [6.07, 6.45) is 1.42. The molecule has 2 rings (SSSR count). The van der Waals surface area contributed by atoms with Crippen LogP contribution in [0.1, 0.15) is 37.0 Å². The molecule has 1 heterocycles. The summed E-state index contributed by atoms with van der Waals surface area (Å²) in [6, 6.07) is 2.11. The summed E-state index contributed by atoms with van der Waals surface area (Å²) in [5, 5.41) is 4.87. The van der Waals surface area contributed by atoms with Gasteiger partial charge in [0, 0.05) is 12.5 Å². The molecule has 2 N–H and O–H groups in total. The molecule has 1 aliphatic rings. The van der Waals surface area contributed by atoms with Gasteiger partial charge in [-0.2, -0.15) is 0 Å². The van der Waals surface area contributed by atoms with Gasteiger partial charge in [-0.05, 0) is 25.5 Å². The summed E-state index contributed by atoms with van der Waals surface area (Å²) in [7, 11) is 0. The van der Waals surface area contributed by atoms with Crippen molar-refractivity contribution >= 4 is 29.5 Å². The van der Waals surface area contributed by atoms with Crippen LogP contribution in [0.2, 0.25) is 5.02 Å². The van der Waals surface area contributed by atoms with Crippen molar-refractivity contribution in [2.24, 2.45) is 0 Å². The first kappa shape index (κ1) is 19.8. The number of hydrogen-bond donors (Lipinski definition) is 2. The highest BCUT2D eigenvalue weighted by atomic mass is 35.5. The van der Waals surface area contributed by atoms with E-state index in [0.29, 0.717) is 31.1 Å². The van der Waals surface area contributed by atoms with Gasteiger partial charge in [0.05, 0.1) is 23.8 Å². The van der Waals surface area contributed by atoms with Crippen LogP contribution in [0.4, 0.5) is 4.79 Å². The maximum absolute atomic E-state index is 12.1. The second kappa shape index (κ2) is 9.28. The lowest BCUT2D eigenvalue weighted by atomic mass is 10.2. The first-order valence-electron chi connectivity index (χ1n) is 8.27. The molecule has 3 amide bonds. The zero-order valence-electron chi connectivity index (χ0n) is 14.6. The van der Waals surface area contributed by atoms with Crippen LogP contribution < -0.4 is 20.1 Å². The fourth-order valence-corrected chi connectivity index (χ4v) is 2.35. The summed E-state index contributed by atoms with van der Waals surface area (Å²) < 4.78 is 15.9. The molecule has 1 aromatic rings. The Labute approximate surface area is 156 Å². The Balaban J connectivity index is 1.92. The third-order valence-corrected chi connectivity index (χ3v) is 3.90. The standard InChI is InChI=1S/C17H21ClN2O6/c1-3-10(2)19-17(23)20-14(21)9-26-16(22)11-7-12(18)15-13(8-11)24-5-4-6-25-15/h7-8,10H,3-6,9H2,1-2H3,(H2,19,20,21,23)/t10-/m1/s1. The maximum Gasteiger partial charge on any atom is 0.338 e. The Morgan fingerprint density at radius 3 is 2.73 bits per heavy atom. The minimum Gasteiger partial charge on any atom is -0.489 e. The van der Waals surface area contributed by atoms with Crippen LogP contribution in [0, 0.1) is 0 Å². The molecular weight excluding hydrogens is 364 g/mol. The van der Waals surface area contributed by atoms with E-state index in [2.05, 4.69) is 10.6 Å². The summed E-state index contributed by atoms with van der Waals surface area (Å²) in [5.74, 6) is -0.779. The van der Waals surface area contributed by atoms with Gasteiger partial charge in [0.2, 0.25) is 0 Å². The van der Waals surface area contributed by atoms with Crippen molar-refractivity contribution in [3.05, 3.63) is 22.7 Å². The molecule has 142 valence electrons. The lowest BCUT2D eigenvalue weighted by Crippen LogP contribution is -2.44. The molecule has 0 bridgehead atoms. The minimum absolute atomic E-state index is 0.0747. The Bertz CT molecular complexity index is 694. The summed E-state index contributed by atoms with van der Waals surface area (Å²) in [4.78, 5) is 35.4. The van der Waals surface area contributed by atoms with E-state index >= 15 is 0 Å². The van der Waals surface area contributed by atoms with Gasteiger partial charge in [0.1, 0.15) is 0 Å². The second-order valence-electron chi connectivity index (χ2n) is 5.74. The van der Waals surface area contributed by atoms with Gasteiger partial charge in [-0.1, -0.05) is 18.5 Å². The third-order valence-electron chi connectivity index (χ3n) is 3.62. The van der Waals surface area contributed by atoms with Crippen molar-refractivity contribution in [1.82, 2.24) is 10.6 Å². The van der Waals surface area contributed by atoms with E-state index in [1.54, 1.807) is 6.92 Å². The molecule has 0 aliphatic carbocycles. The average molecular weight is 385 g/mol. The van der Waals surface area contributed by atoms with E-state index < -0.39 is 24.5 Å². The van der Waals surface area contributed by atoms with Crippen LogP contribution in [0.15, 0.2) is 12.1 Å². The van der Waals surface area contributed by atoms with Crippen LogP contribution >= 0.6 is 11.6 Å². The lowest BCUT2D eigenvalue weighted by molar-refractivity contribution is -0.123. The quantitative estimate of drug-likeness (QED) is 0.755. The number of hydrogen-bond acceptors (Lipinski definition) is 6. The van der Waals surface area contributed by atoms with Crippen LogP contribution in [0.3, 0.4) is 0 Å². The highest BCUT2D eigenvalue weighted by Crippen LogP contribution is 2.38. The van der Waals surface area contributed by atoms with Crippen molar-refractivity contribution in [3.8, 4) is 11.5 Å². The molecule has 0 saturated carbocycles. The van der Waals surface area contributed by atoms with Crippen molar-refractivity contribution in [2.45, 2.75) is 32.7 Å². The Morgan fingerprint density at radius 1 is 1.27 bits per heavy atom. The molecule has 0 fully saturated rings.